The third kappa shape index (κ3) is 6.54. The molecule has 0 aromatic heterocycles. The van der Waals surface area contributed by atoms with E-state index in [0.29, 0.717) is 18.1 Å². The average Bonchev–Trinajstić information content (AvgIpc) is 2.69. The molecule has 1 aromatic carbocycles. The van der Waals surface area contributed by atoms with Crippen LogP contribution in [0.3, 0.4) is 0 Å². The van der Waals surface area contributed by atoms with Crippen molar-refractivity contribution >= 4 is 0 Å². The Hall–Kier alpha value is -2.08. The summed E-state index contributed by atoms with van der Waals surface area (Å²) in [5, 5.41) is 18.4. The maximum absolute atomic E-state index is 9.42. The number of ether oxygens (including phenoxy) is 1. The van der Waals surface area contributed by atoms with Crippen molar-refractivity contribution in [2.45, 2.75) is 33.6 Å². The van der Waals surface area contributed by atoms with Gasteiger partial charge < -0.3 is 9.64 Å². The molecule has 1 saturated heterocycles. The van der Waals surface area contributed by atoms with E-state index in [1.54, 1.807) is 12.1 Å². The molecule has 0 saturated carbocycles. The van der Waals surface area contributed by atoms with Crippen molar-refractivity contribution in [1.29, 1.82) is 10.5 Å². The van der Waals surface area contributed by atoms with Crippen molar-refractivity contribution in [3.8, 4) is 17.9 Å². The topological polar surface area (TPSA) is 63.3 Å². The van der Waals surface area contributed by atoms with Gasteiger partial charge in [0.15, 0.2) is 0 Å². The summed E-state index contributed by atoms with van der Waals surface area (Å²) in [5.41, 5.74) is 0.424. The van der Waals surface area contributed by atoms with Gasteiger partial charge in [0.05, 0.1) is 23.1 Å². The van der Waals surface area contributed by atoms with Crippen LogP contribution in [0.25, 0.3) is 0 Å². The van der Waals surface area contributed by atoms with Crippen LogP contribution in [0, 0.1) is 34.0 Å². The van der Waals surface area contributed by atoms with Gasteiger partial charge in [0.25, 0.3) is 0 Å². The molecule has 0 spiro atoms. The van der Waals surface area contributed by atoms with E-state index in [0.717, 1.165) is 57.9 Å². The Morgan fingerprint density at radius 2 is 1.78 bits per heavy atom. The van der Waals surface area contributed by atoms with E-state index < -0.39 is 0 Å². The van der Waals surface area contributed by atoms with E-state index in [2.05, 4.69) is 42.7 Å². The van der Waals surface area contributed by atoms with E-state index in [1.807, 2.05) is 12.1 Å². The van der Waals surface area contributed by atoms with Crippen LogP contribution in [-0.4, -0.2) is 55.7 Å². The van der Waals surface area contributed by atoms with Crippen molar-refractivity contribution in [2.24, 2.45) is 11.3 Å². The van der Waals surface area contributed by atoms with Crippen molar-refractivity contribution < 1.29 is 4.74 Å². The molecule has 1 aliphatic heterocycles. The van der Waals surface area contributed by atoms with Gasteiger partial charge in [-0.15, -0.1) is 0 Å². The van der Waals surface area contributed by atoms with Gasteiger partial charge in [0.1, 0.15) is 12.4 Å². The molecule has 1 aromatic rings. The van der Waals surface area contributed by atoms with Crippen LogP contribution in [0.2, 0.25) is 0 Å². The van der Waals surface area contributed by atoms with Gasteiger partial charge in [0.2, 0.25) is 0 Å². The Kier molecular flexibility index (Phi) is 8.10. The zero-order valence-corrected chi connectivity index (χ0v) is 16.9. The van der Waals surface area contributed by atoms with Crippen LogP contribution in [0.4, 0.5) is 0 Å². The van der Waals surface area contributed by atoms with Crippen LogP contribution in [-0.2, 0) is 0 Å². The van der Waals surface area contributed by atoms with E-state index >= 15 is 0 Å². The van der Waals surface area contributed by atoms with Crippen molar-refractivity contribution in [2.75, 3.05) is 45.9 Å². The molecule has 146 valence electrons. The molecule has 0 bridgehead atoms. The fourth-order valence-electron chi connectivity index (χ4n) is 3.33. The lowest BCUT2D eigenvalue weighted by Gasteiger charge is -2.35. The number of piperazine rings is 1. The number of hydrogen-bond acceptors (Lipinski definition) is 5. The summed E-state index contributed by atoms with van der Waals surface area (Å²) < 4.78 is 5.78. The molecular weight excluding hydrogens is 336 g/mol. The molecule has 0 radical (unpaired) electrons. The van der Waals surface area contributed by atoms with E-state index in [-0.39, 0.29) is 5.41 Å². The molecule has 0 amide bonds. The minimum absolute atomic E-state index is 0.206. The second kappa shape index (κ2) is 10.3. The summed E-state index contributed by atoms with van der Waals surface area (Å²) in [6, 6.07) is 12.0. The highest BCUT2D eigenvalue weighted by Gasteiger charge is 2.28. The zero-order chi connectivity index (χ0) is 19.7. The van der Waals surface area contributed by atoms with E-state index in [9.17, 15) is 5.26 Å². The Balaban J connectivity index is 1.63. The van der Waals surface area contributed by atoms with Crippen molar-refractivity contribution in [3.63, 3.8) is 0 Å². The summed E-state index contributed by atoms with van der Waals surface area (Å²) in [6.45, 7) is 13.3. The predicted octanol–water partition coefficient (Wildman–Crippen LogP) is 3.52. The minimum Gasteiger partial charge on any atom is -0.492 e. The molecule has 1 atom stereocenters. The van der Waals surface area contributed by atoms with Crippen LogP contribution in [0.1, 0.15) is 39.2 Å². The molecule has 27 heavy (non-hydrogen) atoms. The molecule has 1 unspecified atom stereocenters. The lowest BCUT2D eigenvalue weighted by atomic mass is 9.77. The second-order valence-electron chi connectivity index (χ2n) is 7.96. The fraction of sp³-hybridized carbons (Fsp3) is 0.636. The van der Waals surface area contributed by atoms with Gasteiger partial charge >= 0.3 is 0 Å². The van der Waals surface area contributed by atoms with Crippen LogP contribution in [0.5, 0.6) is 5.75 Å². The van der Waals surface area contributed by atoms with Gasteiger partial charge in [-0.1, -0.05) is 19.9 Å². The number of rotatable bonds is 9. The lowest BCUT2D eigenvalue weighted by Crippen LogP contribution is -2.47. The average molecular weight is 369 g/mol. The molecule has 0 aliphatic carbocycles. The Morgan fingerprint density at radius 3 is 2.37 bits per heavy atom. The lowest BCUT2D eigenvalue weighted by molar-refractivity contribution is 0.112. The summed E-state index contributed by atoms with van der Waals surface area (Å²) in [6.07, 6.45) is 2.05. The molecule has 5 heteroatoms. The first-order chi connectivity index (χ1) is 13.0. The van der Waals surface area contributed by atoms with E-state index in [1.165, 1.54) is 0 Å². The molecule has 1 aliphatic rings. The SMILES string of the molecule is CC(C)C(C)(C#N)CCCN1CCN(CCOc2cccc(C#N)c2)CC1. The smallest absolute Gasteiger partial charge is 0.120 e. The number of benzene rings is 1. The van der Waals surface area contributed by atoms with E-state index in [4.69, 9.17) is 10.00 Å². The first kappa shape index (κ1) is 21.2. The summed E-state index contributed by atoms with van der Waals surface area (Å²) in [5.74, 6) is 1.16. The second-order valence-corrected chi connectivity index (χ2v) is 7.96. The standard InChI is InChI=1S/C22H32N4O/c1-19(2)22(3,18-24)8-5-9-25-10-12-26(13-11-25)14-15-27-21-7-4-6-20(16-21)17-23/h4,6-7,16,19H,5,8-15H2,1-3H3. The third-order valence-electron chi connectivity index (χ3n) is 5.80. The minimum atomic E-state index is -0.206. The molecule has 5 nitrogen and oxygen atoms in total. The highest BCUT2D eigenvalue weighted by molar-refractivity contribution is 5.36. The zero-order valence-electron chi connectivity index (χ0n) is 16.9. The first-order valence-electron chi connectivity index (χ1n) is 9.96. The van der Waals surface area contributed by atoms with Crippen LogP contribution >= 0.6 is 0 Å². The summed E-state index contributed by atoms with van der Waals surface area (Å²) in [4.78, 5) is 4.93. The highest BCUT2D eigenvalue weighted by atomic mass is 16.5. The van der Waals surface area contributed by atoms with Gasteiger partial charge in [-0.2, -0.15) is 10.5 Å². The van der Waals surface area contributed by atoms with Gasteiger partial charge in [0, 0.05) is 32.7 Å². The van der Waals surface area contributed by atoms with Crippen molar-refractivity contribution in [1.82, 2.24) is 9.80 Å². The largest absolute Gasteiger partial charge is 0.492 e. The first-order valence-corrected chi connectivity index (χ1v) is 9.96. The number of hydrogen-bond donors (Lipinski definition) is 0. The maximum atomic E-state index is 9.42. The van der Waals surface area contributed by atoms with Gasteiger partial charge in [-0.3, -0.25) is 4.90 Å². The number of nitrogens with zero attached hydrogens (tertiary/aromatic N) is 4. The monoisotopic (exact) mass is 368 g/mol. The fourth-order valence-corrected chi connectivity index (χ4v) is 3.33. The third-order valence-corrected chi connectivity index (χ3v) is 5.80. The Bertz CT molecular complexity index is 668. The van der Waals surface area contributed by atoms with Gasteiger partial charge in [-0.25, -0.2) is 0 Å². The van der Waals surface area contributed by atoms with Crippen molar-refractivity contribution in [3.05, 3.63) is 29.8 Å². The molecular formula is C22H32N4O. The summed E-state index contributed by atoms with van der Waals surface area (Å²) >= 11 is 0. The van der Waals surface area contributed by atoms with Gasteiger partial charge in [-0.05, 0) is 50.4 Å². The number of nitriles is 2. The predicted molar refractivity (Wildman–Crippen MR) is 107 cm³/mol. The molecule has 1 heterocycles. The quantitative estimate of drug-likeness (QED) is 0.667. The Labute approximate surface area is 164 Å². The Morgan fingerprint density at radius 1 is 1.11 bits per heavy atom. The van der Waals surface area contributed by atoms with Crippen LogP contribution in [0.15, 0.2) is 24.3 Å². The maximum Gasteiger partial charge on any atom is 0.120 e. The van der Waals surface area contributed by atoms with Crippen LogP contribution < -0.4 is 4.74 Å². The molecule has 0 N–H and O–H groups in total. The normalized spacial score (nSPS) is 17.9. The highest BCUT2D eigenvalue weighted by Crippen LogP contribution is 2.31. The summed E-state index contributed by atoms with van der Waals surface area (Å²) in [7, 11) is 0. The molecule has 2 rings (SSSR count). The molecule has 1 fully saturated rings.